The molecule has 0 amide bonds. The van der Waals surface area contributed by atoms with Crippen LogP contribution in [0.2, 0.25) is 0 Å². The topological polar surface area (TPSA) is 26.3 Å². The predicted octanol–water partition coefficient (Wildman–Crippen LogP) is 5.79. The van der Waals surface area contributed by atoms with Crippen molar-refractivity contribution < 1.29 is 8.95 Å². The van der Waals surface area contributed by atoms with E-state index in [1.807, 2.05) is 37.3 Å². The van der Waals surface area contributed by atoms with E-state index in [0.717, 1.165) is 36.5 Å². The molecule has 0 heterocycles. The molecule has 134 valence electrons. The normalized spacial score (nSPS) is 12.5. The Labute approximate surface area is 154 Å². The molecule has 0 aromatic heterocycles. The molecule has 0 radical (unpaired) electrons. The van der Waals surface area contributed by atoms with Crippen LogP contribution in [0.4, 0.5) is 0 Å². The molecule has 0 fully saturated rings. The van der Waals surface area contributed by atoms with Crippen molar-refractivity contribution in [1.82, 2.24) is 0 Å². The van der Waals surface area contributed by atoms with Crippen molar-refractivity contribution in [3.05, 3.63) is 70.1 Å². The first-order valence-electron chi connectivity index (χ1n) is 8.82. The van der Waals surface area contributed by atoms with Crippen molar-refractivity contribution in [1.29, 1.82) is 0 Å². The summed E-state index contributed by atoms with van der Waals surface area (Å²) in [7, 11) is -1.05. The molecule has 0 aliphatic rings. The highest BCUT2D eigenvalue weighted by Gasteiger charge is 2.04. The summed E-state index contributed by atoms with van der Waals surface area (Å²) in [4.78, 5) is 0.857. The molecular formula is C22H28O2S. The van der Waals surface area contributed by atoms with Crippen LogP contribution >= 0.6 is 0 Å². The van der Waals surface area contributed by atoms with Gasteiger partial charge in [0.05, 0.1) is 17.4 Å². The second-order valence-electron chi connectivity index (χ2n) is 6.55. The maximum Gasteiger partial charge on any atom is 0.125 e. The van der Waals surface area contributed by atoms with Gasteiger partial charge in [-0.1, -0.05) is 41.5 Å². The van der Waals surface area contributed by atoms with Crippen LogP contribution in [0.3, 0.4) is 0 Å². The van der Waals surface area contributed by atoms with Gasteiger partial charge in [-0.3, -0.25) is 0 Å². The molecular weight excluding hydrogens is 328 g/mol. The van der Waals surface area contributed by atoms with Crippen LogP contribution < -0.4 is 4.74 Å². The zero-order valence-corrected chi connectivity index (χ0v) is 16.5. The summed E-state index contributed by atoms with van der Waals surface area (Å²) in [5, 5.41) is 1.79. The fraction of sp³-hybridized carbons (Fsp3) is 0.364. The fourth-order valence-electron chi connectivity index (χ4n) is 2.84. The van der Waals surface area contributed by atoms with Gasteiger partial charge in [0.25, 0.3) is 0 Å². The number of ether oxygens (including phenoxy) is 1. The number of allylic oxidation sites excluding steroid dienone is 1. The molecule has 0 saturated heterocycles. The molecule has 0 aliphatic carbocycles. The van der Waals surface area contributed by atoms with Gasteiger partial charge in [-0.15, -0.1) is 0 Å². The quantitative estimate of drug-likeness (QED) is 0.560. The average molecular weight is 357 g/mol. The van der Waals surface area contributed by atoms with Gasteiger partial charge >= 0.3 is 0 Å². The molecule has 0 spiro atoms. The first kappa shape index (κ1) is 19.5. The standard InChI is InChI=1S/C22H28O2S/c1-17-9-11-21(12-10-17)25(23)14-8-6-5-7-13-24-22-19(3)15-18(2)16-20(22)4/h8-12,14-16H,5-7,13H2,1-4H3/b14-8-. The summed E-state index contributed by atoms with van der Waals surface area (Å²) in [6.45, 7) is 9.05. The fourth-order valence-corrected chi connectivity index (χ4v) is 3.71. The molecule has 0 bridgehead atoms. The maximum absolute atomic E-state index is 12.1. The van der Waals surface area contributed by atoms with E-state index < -0.39 is 10.8 Å². The lowest BCUT2D eigenvalue weighted by Crippen LogP contribution is -2.01. The summed E-state index contributed by atoms with van der Waals surface area (Å²) in [5.74, 6) is 1.02. The minimum Gasteiger partial charge on any atom is -0.493 e. The third kappa shape index (κ3) is 6.17. The van der Waals surface area contributed by atoms with Gasteiger partial charge in [-0.05, 0) is 70.2 Å². The number of benzene rings is 2. The Morgan fingerprint density at radius 2 is 1.56 bits per heavy atom. The van der Waals surface area contributed by atoms with E-state index in [4.69, 9.17) is 4.74 Å². The summed E-state index contributed by atoms with van der Waals surface area (Å²) in [6, 6.07) is 12.2. The number of rotatable bonds is 8. The SMILES string of the molecule is Cc1ccc(S(=O)/C=C\CCCCOc2c(C)cc(C)cc2C)cc1. The Kier molecular flexibility index (Phi) is 7.45. The monoisotopic (exact) mass is 356 g/mol. The maximum atomic E-state index is 12.1. The van der Waals surface area contributed by atoms with Gasteiger partial charge in [0.1, 0.15) is 5.75 Å². The van der Waals surface area contributed by atoms with E-state index in [-0.39, 0.29) is 0 Å². The highest BCUT2D eigenvalue weighted by molar-refractivity contribution is 7.88. The second kappa shape index (κ2) is 9.57. The Bertz CT molecular complexity index is 722. The predicted molar refractivity (Wildman–Crippen MR) is 107 cm³/mol. The number of unbranched alkanes of at least 4 members (excludes halogenated alkanes) is 2. The smallest absolute Gasteiger partial charge is 0.125 e. The summed E-state index contributed by atoms with van der Waals surface area (Å²) < 4.78 is 18.1. The summed E-state index contributed by atoms with van der Waals surface area (Å²) in [5.41, 5.74) is 4.86. The van der Waals surface area contributed by atoms with Gasteiger partial charge in [-0.2, -0.15) is 0 Å². The van der Waals surface area contributed by atoms with Crippen molar-refractivity contribution in [2.24, 2.45) is 0 Å². The van der Waals surface area contributed by atoms with Gasteiger partial charge in [0.2, 0.25) is 0 Å². The van der Waals surface area contributed by atoms with Crippen LogP contribution in [-0.4, -0.2) is 10.8 Å². The highest BCUT2D eigenvalue weighted by atomic mass is 32.2. The van der Waals surface area contributed by atoms with Crippen LogP contribution in [0.5, 0.6) is 5.75 Å². The van der Waals surface area contributed by atoms with Crippen molar-refractivity contribution >= 4 is 10.8 Å². The zero-order valence-electron chi connectivity index (χ0n) is 15.7. The second-order valence-corrected chi connectivity index (χ2v) is 7.89. The van der Waals surface area contributed by atoms with Crippen LogP contribution in [0.1, 0.15) is 41.5 Å². The van der Waals surface area contributed by atoms with E-state index in [0.29, 0.717) is 0 Å². The first-order valence-corrected chi connectivity index (χ1v) is 10.0. The summed E-state index contributed by atoms with van der Waals surface area (Å²) in [6.07, 6.45) is 4.96. The summed E-state index contributed by atoms with van der Waals surface area (Å²) >= 11 is 0. The van der Waals surface area contributed by atoms with E-state index in [1.165, 1.54) is 22.3 Å². The third-order valence-electron chi connectivity index (χ3n) is 4.09. The molecule has 2 nitrogen and oxygen atoms in total. The van der Waals surface area contributed by atoms with E-state index in [9.17, 15) is 4.21 Å². The van der Waals surface area contributed by atoms with Gasteiger partial charge < -0.3 is 4.74 Å². The van der Waals surface area contributed by atoms with E-state index in [1.54, 1.807) is 5.41 Å². The Hall–Kier alpha value is -1.87. The van der Waals surface area contributed by atoms with Crippen LogP contribution in [-0.2, 0) is 10.8 Å². The lowest BCUT2D eigenvalue weighted by atomic mass is 10.1. The molecule has 0 saturated carbocycles. The molecule has 1 atom stereocenters. The molecule has 3 heteroatoms. The molecule has 2 rings (SSSR count). The lowest BCUT2D eigenvalue weighted by molar-refractivity contribution is 0.303. The minimum absolute atomic E-state index is 0.722. The number of hydrogen-bond acceptors (Lipinski definition) is 2. The Morgan fingerprint density at radius 3 is 2.20 bits per heavy atom. The molecule has 1 unspecified atom stereocenters. The average Bonchev–Trinajstić information content (AvgIpc) is 2.56. The van der Waals surface area contributed by atoms with E-state index >= 15 is 0 Å². The largest absolute Gasteiger partial charge is 0.493 e. The molecule has 2 aromatic carbocycles. The lowest BCUT2D eigenvalue weighted by Gasteiger charge is -2.12. The van der Waals surface area contributed by atoms with Gasteiger partial charge in [0, 0.05) is 10.3 Å². The molecule has 2 aromatic rings. The Balaban J connectivity index is 1.70. The van der Waals surface area contributed by atoms with Gasteiger partial charge in [0.15, 0.2) is 0 Å². The molecule has 0 N–H and O–H groups in total. The van der Waals surface area contributed by atoms with Crippen molar-refractivity contribution in [3.8, 4) is 5.75 Å². The van der Waals surface area contributed by atoms with Crippen molar-refractivity contribution in [2.45, 2.75) is 51.9 Å². The van der Waals surface area contributed by atoms with Gasteiger partial charge in [-0.25, -0.2) is 4.21 Å². The van der Waals surface area contributed by atoms with Crippen molar-refractivity contribution in [3.63, 3.8) is 0 Å². The number of aryl methyl sites for hydroxylation is 4. The van der Waals surface area contributed by atoms with Crippen LogP contribution in [0, 0.1) is 27.7 Å². The zero-order chi connectivity index (χ0) is 18.2. The third-order valence-corrected chi connectivity index (χ3v) is 5.27. The van der Waals surface area contributed by atoms with Crippen LogP contribution in [0.15, 0.2) is 52.8 Å². The highest BCUT2D eigenvalue weighted by Crippen LogP contribution is 2.24. The van der Waals surface area contributed by atoms with E-state index in [2.05, 4.69) is 32.9 Å². The Morgan fingerprint density at radius 1 is 0.920 bits per heavy atom. The van der Waals surface area contributed by atoms with Crippen molar-refractivity contribution in [2.75, 3.05) is 6.61 Å². The first-order chi connectivity index (χ1) is 12.0. The molecule has 0 aliphatic heterocycles. The van der Waals surface area contributed by atoms with Crippen LogP contribution in [0.25, 0.3) is 0 Å². The minimum atomic E-state index is -1.05. The number of hydrogen-bond donors (Lipinski definition) is 0. The molecule has 25 heavy (non-hydrogen) atoms.